The molecule has 0 saturated heterocycles. The second-order valence-corrected chi connectivity index (χ2v) is 5.38. The molecule has 0 aliphatic heterocycles. The maximum absolute atomic E-state index is 6.03. The first-order chi connectivity index (χ1) is 6.11. The Labute approximate surface area is 97.4 Å². The van der Waals surface area contributed by atoms with Gasteiger partial charge in [-0.05, 0) is 24.5 Å². The van der Waals surface area contributed by atoms with Crippen LogP contribution in [0.25, 0.3) is 0 Å². The number of hydrogen-bond acceptors (Lipinski definition) is 0. The normalized spacial score (nSPS) is 12.9. The minimum absolute atomic E-state index is 0.516. The lowest BCUT2D eigenvalue weighted by Gasteiger charge is -2.06. The predicted octanol–water partition coefficient (Wildman–Crippen LogP) is 4.71. The molecule has 13 heavy (non-hydrogen) atoms. The van der Waals surface area contributed by atoms with Gasteiger partial charge in [-0.15, -0.1) is 0 Å². The summed E-state index contributed by atoms with van der Waals surface area (Å²) in [5, 5.41) is 1.33. The molecule has 3 heteroatoms. The number of benzene rings is 1. The summed E-state index contributed by atoms with van der Waals surface area (Å²) in [6, 6.07) is 5.76. The second-order valence-electron chi connectivity index (χ2n) is 3.03. The maximum atomic E-state index is 6.03. The zero-order chi connectivity index (χ0) is 9.84. The van der Waals surface area contributed by atoms with E-state index in [2.05, 4.69) is 22.9 Å². The van der Waals surface area contributed by atoms with Crippen LogP contribution in [-0.2, 0) is 6.42 Å². The molecule has 0 aromatic heterocycles. The quantitative estimate of drug-likeness (QED) is 0.704. The van der Waals surface area contributed by atoms with Crippen LogP contribution in [0.3, 0.4) is 0 Å². The molecule has 0 N–H and O–H groups in total. The fourth-order valence-electron chi connectivity index (χ4n) is 1.10. The fourth-order valence-corrected chi connectivity index (χ4v) is 1.74. The second kappa shape index (κ2) is 5.23. The highest BCUT2D eigenvalue weighted by Gasteiger charge is 2.05. The first kappa shape index (κ1) is 11.4. The fraction of sp³-hybridized carbons (Fsp3) is 0.400. The average molecular weight is 282 g/mol. The van der Waals surface area contributed by atoms with Crippen LogP contribution in [0.15, 0.2) is 18.2 Å². The predicted molar refractivity (Wildman–Crippen MR) is 63.2 cm³/mol. The van der Waals surface area contributed by atoms with Crippen LogP contribution >= 0.6 is 39.1 Å². The largest absolute Gasteiger partial charge is 0.0894 e. The van der Waals surface area contributed by atoms with Crippen molar-refractivity contribution in [2.24, 2.45) is 0 Å². The van der Waals surface area contributed by atoms with E-state index >= 15 is 0 Å². The number of halogens is 3. The molecule has 72 valence electrons. The molecule has 0 heterocycles. The summed E-state index contributed by atoms with van der Waals surface area (Å²) in [7, 11) is 0. The smallest absolute Gasteiger partial charge is 0.0624 e. The summed E-state index contributed by atoms with van der Waals surface area (Å²) in [6.45, 7) is 2.12. The summed E-state index contributed by atoms with van der Waals surface area (Å²) < 4.78 is 0. The van der Waals surface area contributed by atoms with Crippen LogP contribution in [0, 0.1) is 0 Å². The van der Waals surface area contributed by atoms with Crippen LogP contribution in [-0.4, -0.2) is 4.83 Å². The molecular formula is C10H11BrCl2. The van der Waals surface area contributed by atoms with Gasteiger partial charge in [0.15, 0.2) is 0 Å². The van der Waals surface area contributed by atoms with Gasteiger partial charge in [-0.1, -0.05) is 58.2 Å². The zero-order valence-electron chi connectivity index (χ0n) is 7.36. The van der Waals surface area contributed by atoms with Gasteiger partial charge in [0, 0.05) is 4.83 Å². The monoisotopic (exact) mass is 280 g/mol. The molecule has 0 saturated carbocycles. The average Bonchev–Trinajstić information content (AvgIpc) is 2.07. The molecule has 0 spiro atoms. The molecule has 1 aromatic rings. The van der Waals surface area contributed by atoms with Crippen molar-refractivity contribution in [1.82, 2.24) is 0 Å². The molecule has 0 aliphatic rings. The molecule has 0 nitrogen and oxygen atoms in total. The summed E-state index contributed by atoms with van der Waals surface area (Å²) in [6.07, 6.45) is 2.03. The molecule has 0 amide bonds. The zero-order valence-corrected chi connectivity index (χ0v) is 10.5. The molecule has 0 fully saturated rings. The lowest BCUT2D eigenvalue weighted by atomic mass is 10.1. The summed E-state index contributed by atoms with van der Waals surface area (Å²) >= 11 is 15.4. The first-order valence-electron chi connectivity index (χ1n) is 4.18. The van der Waals surface area contributed by atoms with E-state index in [0.717, 1.165) is 18.4 Å². The van der Waals surface area contributed by atoms with E-state index in [1.165, 1.54) is 0 Å². The molecule has 0 bridgehead atoms. The van der Waals surface area contributed by atoms with Gasteiger partial charge in [0.05, 0.1) is 10.0 Å². The highest BCUT2D eigenvalue weighted by atomic mass is 79.9. The number of alkyl halides is 1. The van der Waals surface area contributed by atoms with E-state index in [1.807, 2.05) is 18.2 Å². The van der Waals surface area contributed by atoms with Crippen molar-refractivity contribution in [2.75, 3.05) is 0 Å². The van der Waals surface area contributed by atoms with Gasteiger partial charge in [0.1, 0.15) is 0 Å². The molecule has 0 radical (unpaired) electrons. The van der Waals surface area contributed by atoms with Crippen LogP contribution in [0.4, 0.5) is 0 Å². The van der Waals surface area contributed by atoms with Gasteiger partial charge in [0.2, 0.25) is 0 Å². The van der Waals surface area contributed by atoms with E-state index in [9.17, 15) is 0 Å². The van der Waals surface area contributed by atoms with Crippen molar-refractivity contribution < 1.29 is 0 Å². The van der Waals surface area contributed by atoms with Crippen LogP contribution < -0.4 is 0 Å². The van der Waals surface area contributed by atoms with E-state index in [1.54, 1.807) is 0 Å². The minimum atomic E-state index is 0.516. The van der Waals surface area contributed by atoms with Gasteiger partial charge in [-0.2, -0.15) is 0 Å². The van der Waals surface area contributed by atoms with Gasteiger partial charge >= 0.3 is 0 Å². The molecule has 1 aromatic carbocycles. The van der Waals surface area contributed by atoms with Crippen molar-refractivity contribution >= 4 is 39.1 Å². The Hall–Kier alpha value is 0.280. The van der Waals surface area contributed by atoms with E-state index in [-0.39, 0.29) is 0 Å². The molecule has 0 aliphatic carbocycles. The molecule has 1 rings (SSSR count). The number of rotatable bonds is 3. The van der Waals surface area contributed by atoms with E-state index < -0.39 is 0 Å². The van der Waals surface area contributed by atoms with Gasteiger partial charge in [-0.25, -0.2) is 0 Å². The third-order valence-electron chi connectivity index (χ3n) is 1.84. The molecule has 1 unspecified atom stereocenters. The van der Waals surface area contributed by atoms with E-state index in [4.69, 9.17) is 23.2 Å². The van der Waals surface area contributed by atoms with Crippen LogP contribution in [0.1, 0.15) is 18.9 Å². The highest BCUT2D eigenvalue weighted by molar-refractivity contribution is 9.09. The Kier molecular flexibility index (Phi) is 4.57. The Morgan fingerprint density at radius 2 is 2.08 bits per heavy atom. The third kappa shape index (κ3) is 3.49. The standard InChI is InChI=1S/C10H11BrCl2/c1-7(11)5-6-8-3-2-4-9(12)10(8)13/h2-4,7H,5-6H2,1H3. The Morgan fingerprint density at radius 1 is 1.38 bits per heavy atom. The van der Waals surface area contributed by atoms with Gasteiger partial charge in [-0.3, -0.25) is 0 Å². The minimum Gasteiger partial charge on any atom is -0.0894 e. The SMILES string of the molecule is CC(Br)CCc1cccc(Cl)c1Cl. The van der Waals surface area contributed by atoms with Crippen LogP contribution in [0.2, 0.25) is 10.0 Å². The van der Waals surface area contributed by atoms with Crippen molar-refractivity contribution in [1.29, 1.82) is 0 Å². The molecule has 1 atom stereocenters. The summed E-state index contributed by atoms with van der Waals surface area (Å²) in [4.78, 5) is 0.516. The highest BCUT2D eigenvalue weighted by Crippen LogP contribution is 2.27. The van der Waals surface area contributed by atoms with Gasteiger partial charge < -0.3 is 0 Å². The Morgan fingerprint density at radius 3 is 2.69 bits per heavy atom. The Bertz CT molecular complexity index is 284. The van der Waals surface area contributed by atoms with E-state index in [0.29, 0.717) is 14.9 Å². The Balaban J connectivity index is 2.71. The number of aryl methyl sites for hydroxylation is 1. The van der Waals surface area contributed by atoms with Gasteiger partial charge in [0.25, 0.3) is 0 Å². The van der Waals surface area contributed by atoms with Crippen molar-refractivity contribution in [2.45, 2.75) is 24.6 Å². The van der Waals surface area contributed by atoms with Crippen molar-refractivity contribution in [3.63, 3.8) is 0 Å². The molecular weight excluding hydrogens is 271 g/mol. The van der Waals surface area contributed by atoms with Crippen LogP contribution in [0.5, 0.6) is 0 Å². The maximum Gasteiger partial charge on any atom is 0.0624 e. The summed E-state index contributed by atoms with van der Waals surface area (Å²) in [5.74, 6) is 0. The lowest BCUT2D eigenvalue weighted by molar-refractivity contribution is 0.822. The topological polar surface area (TPSA) is 0 Å². The number of hydrogen-bond donors (Lipinski definition) is 0. The lowest BCUT2D eigenvalue weighted by Crippen LogP contribution is -1.94. The van der Waals surface area contributed by atoms with Crippen molar-refractivity contribution in [3.8, 4) is 0 Å². The van der Waals surface area contributed by atoms with Crippen molar-refractivity contribution in [3.05, 3.63) is 33.8 Å². The summed E-state index contributed by atoms with van der Waals surface area (Å²) in [5.41, 5.74) is 1.13. The third-order valence-corrected chi connectivity index (χ3v) is 3.16. The first-order valence-corrected chi connectivity index (χ1v) is 5.85.